The van der Waals surface area contributed by atoms with E-state index >= 15 is 0 Å². The summed E-state index contributed by atoms with van der Waals surface area (Å²) in [6.07, 6.45) is 4.24. The summed E-state index contributed by atoms with van der Waals surface area (Å²) in [5.74, 6) is 0.597. The normalized spacial score (nSPS) is 19.7. The lowest BCUT2D eigenvalue weighted by Gasteiger charge is -2.32. The van der Waals surface area contributed by atoms with Gasteiger partial charge in [0.15, 0.2) is 0 Å². The van der Waals surface area contributed by atoms with Crippen LogP contribution in [0.3, 0.4) is 0 Å². The van der Waals surface area contributed by atoms with E-state index in [1.165, 1.54) is 0 Å². The molecule has 1 unspecified atom stereocenters. The molecule has 19 heavy (non-hydrogen) atoms. The number of nitriles is 1. The minimum atomic E-state index is 0.0235. The van der Waals surface area contributed by atoms with Crippen molar-refractivity contribution in [1.82, 2.24) is 4.90 Å². The number of benzene rings is 1. The summed E-state index contributed by atoms with van der Waals surface area (Å²) in [6, 6.07) is 7.71. The number of ether oxygens (including phenoxy) is 1. The topological polar surface area (TPSA) is 53.3 Å². The number of carbonyl (C=O) groups excluding carboxylic acids is 1. The summed E-state index contributed by atoms with van der Waals surface area (Å²) in [6.45, 7) is 1.68. The Bertz CT molecular complexity index is 493. The van der Waals surface area contributed by atoms with Crippen molar-refractivity contribution in [2.45, 2.75) is 31.8 Å². The van der Waals surface area contributed by atoms with Gasteiger partial charge in [0.2, 0.25) is 0 Å². The summed E-state index contributed by atoms with van der Waals surface area (Å²) in [5.41, 5.74) is 1.61. The van der Waals surface area contributed by atoms with Crippen LogP contribution in [0.25, 0.3) is 0 Å². The minimum Gasteiger partial charge on any atom is -0.495 e. The number of carbonyl (C=O) groups is 1. The van der Waals surface area contributed by atoms with Crippen LogP contribution in [-0.4, -0.2) is 30.9 Å². The number of piperidine rings is 1. The first-order valence-electron chi connectivity index (χ1n) is 6.55. The number of hydrogen-bond acceptors (Lipinski definition) is 4. The molecule has 0 bridgehead atoms. The number of methoxy groups -OCH3 is 1. The molecule has 2 rings (SSSR count). The van der Waals surface area contributed by atoms with Gasteiger partial charge in [0.25, 0.3) is 0 Å². The van der Waals surface area contributed by atoms with Crippen LogP contribution in [0.2, 0.25) is 0 Å². The molecule has 1 fully saturated rings. The standard InChI is InChI=1S/C15H18N2O2/c1-19-15-8-12(5-6-13(15)9-16)10-17-7-3-2-4-14(17)11-18/h5-6,8,11,14H,2-4,7,10H2,1H3. The van der Waals surface area contributed by atoms with Crippen molar-refractivity contribution in [1.29, 1.82) is 5.26 Å². The SMILES string of the molecule is COc1cc(CN2CCCCC2C=O)ccc1C#N. The van der Waals surface area contributed by atoms with E-state index in [1.54, 1.807) is 13.2 Å². The van der Waals surface area contributed by atoms with Gasteiger partial charge < -0.3 is 9.53 Å². The molecule has 0 amide bonds. The van der Waals surface area contributed by atoms with Crippen LogP contribution in [0.1, 0.15) is 30.4 Å². The van der Waals surface area contributed by atoms with Crippen LogP contribution in [-0.2, 0) is 11.3 Å². The molecule has 1 saturated heterocycles. The van der Waals surface area contributed by atoms with Crippen molar-refractivity contribution in [3.8, 4) is 11.8 Å². The summed E-state index contributed by atoms with van der Waals surface area (Å²) < 4.78 is 5.21. The molecule has 0 aromatic heterocycles. The molecule has 1 aromatic carbocycles. The molecule has 4 nitrogen and oxygen atoms in total. The summed E-state index contributed by atoms with van der Waals surface area (Å²) in [7, 11) is 1.56. The summed E-state index contributed by atoms with van der Waals surface area (Å²) in [4.78, 5) is 13.3. The largest absolute Gasteiger partial charge is 0.495 e. The number of rotatable bonds is 4. The van der Waals surface area contributed by atoms with Gasteiger partial charge in [0, 0.05) is 6.54 Å². The first-order chi connectivity index (χ1) is 9.28. The van der Waals surface area contributed by atoms with Crippen LogP contribution in [0.4, 0.5) is 0 Å². The molecular weight excluding hydrogens is 240 g/mol. The molecule has 1 atom stereocenters. The zero-order valence-electron chi connectivity index (χ0n) is 11.1. The Labute approximate surface area is 113 Å². The lowest BCUT2D eigenvalue weighted by Crippen LogP contribution is -2.39. The maximum absolute atomic E-state index is 11.1. The molecule has 4 heteroatoms. The van der Waals surface area contributed by atoms with E-state index in [4.69, 9.17) is 10.00 Å². The smallest absolute Gasteiger partial charge is 0.137 e. The van der Waals surface area contributed by atoms with Crippen LogP contribution < -0.4 is 4.74 Å². The Kier molecular flexibility index (Phi) is 4.53. The Morgan fingerprint density at radius 2 is 2.37 bits per heavy atom. The zero-order valence-corrected chi connectivity index (χ0v) is 11.1. The zero-order chi connectivity index (χ0) is 13.7. The van der Waals surface area contributed by atoms with E-state index in [0.29, 0.717) is 11.3 Å². The van der Waals surface area contributed by atoms with Gasteiger partial charge in [-0.3, -0.25) is 4.90 Å². The summed E-state index contributed by atoms with van der Waals surface area (Å²) >= 11 is 0. The maximum atomic E-state index is 11.1. The van der Waals surface area contributed by atoms with E-state index in [1.807, 2.05) is 12.1 Å². The Morgan fingerprint density at radius 3 is 3.05 bits per heavy atom. The molecule has 1 heterocycles. The van der Waals surface area contributed by atoms with E-state index in [0.717, 1.165) is 44.2 Å². The average molecular weight is 258 g/mol. The minimum absolute atomic E-state index is 0.0235. The second kappa shape index (κ2) is 6.35. The number of aldehydes is 1. The van der Waals surface area contributed by atoms with E-state index in [9.17, 15) is 4.79 Å². The Balaban J connectivity index is 2.14. The van der Waals surface area contributed by atoms with Gasteiger partial charge in [0.05, 0.1) is 18.7 Å². The second-order valence-corrected chi connectivity index (χ2v) is 4.82. The van der Waals surface area contributed by atoms with Gasteiger partial charge >= 0.3 is 0 Å². The van der Waals surface area contributed by atoms with Gasteiger partial charge in [-0.25, -0.2) is 0 Å². The van der Waals surface area contributed by atoms with Crippen molar-refractivity contribution in [2.75, 3.05) is 13.7 Å². The molecule has 0 N–H and O–H groups in total. The lowest BCUT2D eigenvalue weighted by molar-refractivity contribution is -0.113. The second-order valence-electron chi connectivity index (χ2n) is 4.82. The highest BCUT2D eigenvalue weighted by atomic mass is 16.5. The molecule has 0 saturated carbocycles. The predicted octanol–water partition coefficient (Wildman–Crippen LogP) is 2.12. The monoisotopic (exact) mass is 258 g/mol. The van der Waals surface area contributed by atoms with Crippen LogP contribution in [0.5, 0.6) is 5.75 Å². The fraction of sp³-hybridized carbons (Fsp3) is 0.467. The van der Waals surface area contributed by atoms with Gasteiger partial charge in [0.1, 0.15) is 18.1 Å². The Morgan fingerprint density at radius 1 is 1.53 bits per heavy atom. The molecule has 1 aliphatic rings. The van der Waals surface area contributed by atoms with Gasteiger partial charge in [-0.2, -0.15) is 5.26 Å². The third-order valence-electron chi connectivity index (χ3n) is 3.59. The van der Waals surface area contributed by atoms with Crippen molar-refractivity contribution >= 4 is 6.29 Å². The van der Waals surface area contributed by atoms with Crippen molar-refractivity contribution in [3.63, 3.8) is 0 Å². The maximum Gasteiger partial charge on any atom is 0.137 e. The first-order valence-corrected chi connectivity index (χ1v) is 6.55. The van der Waals surface area contributed by atoms with E-state index in [-0.39, 0.29) is 6.04 Å². The van der Waals surface area contributed by atoms with Gasteiger partial charge in [-0.15, -0.1) is 0 Å². The van der Waals surface area contributed by atoms with Gasteiger partial charge in [-0.05, 0) is 37.1 Å². The highest BCUT2D eigenvalue weighted by molar-refractivity contribution is 5.57. The molecule has 0 spiro atoms. The van der Waals surface area contributed by atoms with Gasteiger partial charge in [-0.1, -0.05) is 12.5 Å². The van der Waals surface area contributed by atoms with Crippen molar-refractivity contribution in [3.05, 3.63) is 29.3 Å². The lowest BCUT2D eigenvalue weighted by atomic mass is 10.0. The predicted molar refractivity (Wildman–Crippen MR) is 71.8 cm³/mol. The van der Waals surface area contributed by atoms with Crippen LogP contribution in [0, 0.1) is 11.3 Å². The van der Waals surface area contributed by atoms with Crippen LogP contribution in [0.15, 0.2) is 18.2 Å². The van der Waals surface area contributed by atoms with Crippen LogP contribution >= 0.6 is 0 Å². The third kappa shape index (κ3) is 3.12. The molecule has 1 aromatic rings. The third-order valence-corrected chi connectivity index (χ3v) is 3.59. The molecule has 1 aliphatic heterocycles. The summed E-state index contributed by atoms with van der Waals surface area (Å²) in [5, 5.41) is 8.96. The Hall–Kier alpha value is -1.86. The van der Waals surface area contributed by atoms with E-state index in [2.05, 4.69) is 11.0 Å². The molecule has 100 valence electrons. The number of likely N-dealkylation sites (tertiary alicyclic amines) is 1. The highest BCUT2D eigenvalue weighted by Gasteiger charge is 2.21. The number of hydrogen-bond donors (Lipinski definition) is 0. The van der Waals surface area contributed by atoms with Crippen molar-refractivity contribution in [2.24, 2.45) is 0 Å². The van der Waals surface area contributed by atoms with E-state index < -0.39 is 0 Å². The first kappa shape index (κ1) is 13.6. The highest BCUT2D eigenvalue weighted by Crippen LogP contribution is 2.23. The van der Waals surface area contributed by atoms with Crippen molar-refractivity contribution < 1.29 is 9.53 Å². The molecule has 0 aliphatic carbocycles. The quantitative estimate of drug-likeness (QED) is 0.776. The molecular formula is C15H18N2O2. The molecule has 0 radical (unpaired) electrons. The number of nitrogens with zero attached hydrogens (tertiary/aromatic N) is 2. The average Bonchev–Trinajstić information content (AvgIpc) is 2.47. The fourth-order valence-electron chi connectivity index (χ4n) is 2.53. The fourth-order valence-corrected chi connectivity index (χ4v) is 2.53.